The lowest BCUT2D eigenvalue weighted by atomic mass is 9.89. The van der Waals surface area contributed by atoms with Crippen molar-refractivity contribution in [3.05, 3.63) is 0 Å². The minimum Gasteiger partial charge on any atom is -0.312 e. The van der Waals surface area contributed by atoms with Gasteiger partial charge in [-0.25, -0.2) is 8.78 Å². The van der Waals surface area contributed by atoms with Crippen molar-refractivity contribution in [2.45, 2.75) is 57.5 Å². The van der Waals surface area contributed by atoms with Crippen LogP contribution in [0.5, 0.6) is 0 Å². The second kappa shape index (κ2) is 7.17. The van der Waals surface area contributed by atoms with Gasteiger partial charge in [-0.15, -0.1) is 0 Å². The van der Waals surface area contributed by atoms with Crippen molar-refractivity contribution in [3.63, 3.8) is 0 Å². The van der Waals surface area contributed by atoms with Gasteiger partial charge in [-0.3, -0.25) is 4.90 Å². The zero-order valence-electron chi connectivity index (χ0n) is 10.4. The van der Waals surface area contributed by atoms with Crippen molar-refractivity contribution < 1.29 is 8.78 Å². The highest BCUT2D eigenvalue weighted by Gasteiger charge is 2.28. The van der Waals surface area contributed by atoms with Gasteiger partial charge < -0.3 is 5.32 Å². The summed E-state index contributed by atoms with van der Waals surface area (Å²) in [6.07, 6.45) is 3.44. The van der Waals surface area contributed by atoms with Crippen molar-refractivity contribution >= 4 is 0 Å². The average Bonchev–Trinajstić information content (AvgIpc) is 2.25. The van der Waals surface area contributed by atoms with E-state index in [1.807, 2.05) is 11.9 Å². The molecular weight excluding hydrogens is 210 g/mol. The van der Waals surface area contributed by atoms with E-state index in [1.165, 1.54) is 12.8 Å². The van der Waals surface area contributed by atoms with Gasteiger partial charge in [0.05, 0.1) is 6.54 Å². The molecule has 0 aromatic rings. The van der Waals surface area contributed by atoms with Crippen LogP contribution in [-0.2, 0) is 0 Å². The van der Waals surface area contributed by atoms with Crippen LogP contribution >= 0.6 is 0 Å². The van der Waals surface area contributed by atoms with E-state index in [0.29, 0.717) is 6.04 Å². The van der Waals surface area contributed by atoms with Gasteiger partial charge in [-0.2, -0.15) is 0 Å². The van der Waals surface area contributed by atoms with Gasteiger partial charge in [-0.1, -0.05) is 19.8 Å². The van der Waals surface area contributed by atoms with Gasteiger partial charge >= 0.3 is 0 Å². The van der Waals surface area contributed by atoms with Crippen LogP contribution in [0, 0.1) is 0 Å². The van der Waals surface area contributed by atoms with E-state index >= 15 is 0 Å². The van der Waals surface area contributed by atoms with E-state index in [1.54, 1.807) is 0 Å². The van der Waals surface area contributed by atoms with E-state index < -0.39 is 6.43 Å². The summed E-state index contributed by atoms with van der Waals surface area (Å²) in [6, 6.07) is 0.687. The number of nitrogens with one attached hydrogen (secondary N) is 1. The van der Waals surface area contributed by atoms with Gasteiger partial charge in [0.25, 0.3) is 6.43 Å². The molecule has 1 aliphatic carbocycles. The predicted molar refractivity (Wildman–Crippen MR) is 63.0 cm³/mol. The van der Waals surface area contributed by atoms with Crippen LogP contribution in [0.1, 0.15) is 39.0 Å². The third-order valence-corrected chi connectivity index (χ3v) is 3.38. The molecule has 0 spiro atoms. The molecule has 0 aromatic heterocycles. The second-order valence-corrected chi connectivity index (χ2v) is 4.74. The molecule has 0 radical (unpaired) electrons. The zero-order valence-corrected chi connectivity index (χ0v) is 10.4. The summed E-state index contributed by atoms with van der Waals surface area (Å²) >= 11 is 0. The standard InChI is InChI=1S/C12H24F2N2/c1-3-8-15-10-6-4-5-7-11(10)16(2)9-12(13)14/h10-12,15H,3-9H2,1-2H3. The van der Waals surface area contributed by atoms with E-state index in [9.17, 15) is 8.78 Å². The summed E-state index contributed by atoms with van der Waals surface area (Å²) in [5.74, 6) is 0. The average molecular weight is 234 g/mol. The van der Waals surface area contributed by atoms with Crippen LogP contribution in [0.25, 0.3) is 0 Å². The first kappa shape index (κ1) is 13.8. The molecule has 1 N–H and O–H groups in total. The number of rotatable bonds is 6. The van der Waals surface area contributed by atoms with E-state index in [0.717, 1.165) is 25.8 Å². The van der Waals surface area contributed by atoms with Crippen LogP contribution in [0.2, 0.25) is 0 Å². The third-order valence-electron chi connectivity index (χ3n) is 3.38. The molecule has 0 heterocycles. The van der Waals surface area contributed by atoms with Crippen LogP contribution in [0.3, 0.4) is 0 Å². The van der Waals surface area contributed by atoms with Gasteiger partial charge in [-0.05, 0) is 32.9 Å². The van der Waals surface area contributed by atoms with Crippen molar-refractivity contribution in [2.75, 3.05) is 20.1 Å². The lowest BCUT2D eigenvalue weighted by Gasteiger charge is -2.38. The van der Waals surface area contributed by atoms with Crippen LogP contribution in [-0.4, -0.2) is 43.5 Å². The molecule has 1 aliphatic rings. The minimum absolute atomic E-state index is 0.102. The highest BCUT2D eigenvalue weighted by atomic mass is 19.3. The molecule has 1 saturated carbocycles. The van der Waals surface area contributed by atoms with E-state index in [-0.39, 0.29) is 12.6 Å². The molecule has 96 valence electrons. The molecule has 2 unspecified atom stereocenters. The summed E-state index contributed by atoms with van der Waals surface area (Å²) in [6.45, 7) is 3.02. The Bertz CT molecular complexity index is 188. The Morgan fingerprint density at radius 3 is 2.62 bits per heavy atom. The van der Waals surface area contributed by atoms with Crippen LogP contribution in [0.15, 0.2) is 0 Å². The van der Waals surface area contributed by atoms with Crippen molar-refractivity contribution in [1.29, 1.82) is 0 Å². The molecule has 0 saturated heterocycles. The zero-order chi connectivity index (χ0) is 12.0. The van der Waals surface area contributed by atoms with Crippen molar-refractivity contribution in [3.8, 4) is 0 Å². The Kier molecular flexibility index (Phi) is 6.21. The molecule has 2 atom stereocenters. The van der Waals surface area contributed by atoms with Gasteiger partial charge in [0, 0.05) is 12.1 Å². The Hall–Kier alpha value is -0.220. The summed E-state index contributed by atoms with van der Waals surface area (Å²) in [4.78, 5) is 1.83. The van der Waals surface area contributed by atoms with E-state index in [4.69, 9.17) is 0 Å². The number of alkyl halides is 2. The number of hydrogen-bond donors (Lipinski definition) is 1. The summed E-state index contributed by atoms with van der Waals surface area (Å²) in [7, 11) is 1.82. The maximum absolute atomic E-state index is 12.4. The number of hydrogen-bond acceptors (Lipinski definition) is 2. The molecule has 16 heavy (non-hydrogen) atoms. The summed E-state index contributed by atoms with van der Waals surface area (Å²) in [5, 5.41) is 3.49. The maximum atomic E-state index is 12.4. The predicted octanol–water partition coefficient (Wildman–Crippen LogP) is 2.49. The molecular formula is C12H24F2N2. The fourth-order valence-corrected chi connectivity index (χ4v) is 2.56. The monoisotopic (exact) mass is 234 g/mol. The number of likely N-dealkylation sites (N-methyl/N-ethyl adjacent to an activating group) is 1. The molecule has 2 nitrogen and oxygen atoms in total. The fraction of sp³-hybridized carbons (Fsp3) is 1.00. The second-order valence-electron chi connectivity index (χ2n) is 4.74. The normalized spacial score (nSPS) is 26.6. The molecule has 4 heteroatoms. The maximum Gasteiger partial charge on any atom is 0.251 e. The van der Waals surface area contributed by atoms with Gasteiger partial charge in [0.1, 0.15) is 0 Å². The van der Waals surface area contributed by atoms with Gasteiger partial charge in [0.2, 0.25) is 0 Å². The topological polar surface area (TPSA) is 15.3 Å². The Balaban J connectivity index is 2.45. The van der Waals surface area contributed by atoms with Crippen LogP contribution < -0.4 is 5.32 Å². The lowest BCUT2D eigenvalue weighted by Crippen LogP contribution is -2.51. The fourth-order valence-electron chi connectivity index (χ4n) is 2.56. The Morgan fingerprint density at radius 1 is 1.31 bits per heavy atom. The molecule has 0 aliphatic heterocycles. The molecule has 1 rings (SSSR count). The first-order valence-electron chi connectivity index (χ1n) is 6.37. The van der Waals surface area contributed by atoms with Gasteiger partial charge in [0.15, 0.2) is 0 Å². The van der Waals surface area contributed by atoms with Crippen molar-refractivity contribution in [2.24, 2.45) is 0 Å². The Morgan fingerprint density at radius 2 is 2.00 bits per heavy atom. The number of halogens is 2. The number of nitrogens with zero attached hydrogens (tertiary/aromatic N) is 1. The highest BCUT2D eigenvalue weighted by Crippen LogP contribution is 2.23. The molecule has 0 amide bonds. The third kappa shape index (κ3) is 4.34. The van der Waals surface area contributed by atoms with Crippen molar-refractivity contribution in [1.82, 2.24) is 10.2 Å². The largest absolute Gasteiger partial charge is 0.312 e. The summed E-state index contributed by atoms with van der Waals surface area (Å²) in [5.41, 5.74) is 0. The van der Waals surface area contributed by atoms with Crippen LogP contribution in [0.4, 0.5) is 8.78 Å². The van der Waals surface area contributed by atoms with E-state index in [2.05, 4.69) is 12.2 Å². The minimum atomic E-state index is -2.22. The SMILES string of the molecule is CCCNC1CCCCC1N(C)CC(F)F. The molecule has 1 fully saturated rings. The highest BCUT2D eigenvalue weighted by molar-refractivity contribution is 4.87. The smallest absolute Gasteiger partial charge is 0.251 e. The summed E-state index contributed by atoms with van der Waals surface area (Å²) < 4.78 is 24.7. The quantitative estimate of drug-likeness (QED) is 0.759. The first-order valence-corrected chi connectivity index (χ1v) is 6.37. The first-order chi connectivity index (χ1) is 7.65. The molecule has 0 bridgehead atoms. The molecule has 0 aromatic carbocycles. The Labute approximate surface area is 97.4 Å². The lowest BCUT2D eigenvalue weighted by molar-refractivity contribution is 0.0590.